The number of halogens is 6. The molecule has 0 radical (unpaired) electrons. The van der Waals surface area contributed by atoms with Crippen molar-refractivity contribution in [3.8, 4) is 0 Å². The van der Waals surface area contributed by atoms with E-state index in [0.717, 1.165) is 17.7 Å². The van der Waals surface area contributed by atoms with E-state index in [1.165, 1.54) is 6.07 Å². The molecule has 10 heteroatoms. The number of hydrogen-bond acceptors (Lipinski definition) is 4. The van der Waals surface area contributed by atoms with Gasteiger partial charge in [-0.3, -0.25) is 14.7 Å². The maximum Gasteiger partial charge on any atom is 0.419 e. The summed E-state index contributed by atoms with van der Waals surface area (Å²) < 4.78 is 53.1. The number of carbonyl (C=O) groups is 1. The molecule has 3 rings (SSSR count). The fourth-order valence-electron chi connectivity index (χ4n) is 4.97. The van der Waals surface area contributed by atoms with Gasteiger partial charge in [-0.2, -0.15) is 13.2 Å². The number of rotatable bonds is 9. The molecule has 0 N–H and O–H groups in total. The lowest BCUT2D eigenvalue weighted by molar-refractivity contribution is -0.140. The summed E-state index contributed by atoms with van der Waals surface area (Å²) in [6.07, 6.45) is -3.57. The predicted molar refractivity (Wildman–Crippen MR) is 135 cm³/mol. The van der Waals surface area contributed by atoms with Crippen LogP contribution in [0.15, 0.2) is 36.4 Å². The number of likely N-dealkylation sites (tertiary alicyclic amines) is 1. The zero-order valence-corrected chi connectivity index (χ0v) is 22.3. The van der Waals surface area contributed by atoms with Gasteiger partial charge in [-0.25, -0.2) is 4.39 Å². The van der Waals surface area contributed by atoms with Gasteiger partial charge in [0, 0.05) is 38.0 Å². The molecule has 3 atom stereocenters. The number of hydrogen-bond donors (Lipinski definition) is 0. The highest BCUT2D eigenvalue weighted by atomic mass is 35.5. The lowest BCUT2D eigenvalue weighted by atomic mass is 9.93. The van der Waals surface area contributed by atoms with Crippen LogP contribution in [-0.4, -0.2) is 66.9 Å². The van der Waals surface area contributed by atoms with Crippen LogP contribution >= 0.6 is 23.2 Å². The highest BCUT2D eigenvalue weighted by molar-refractivity contribution is 6.42. The molecule has 0 aliphatic carbocycles. The summed E-state index contributed by atoms with van der Waals surface area (Å²) in [6, 6.07) is 8.56. The first kappa shape index (κ1) is 28.9. The van der Waals surface area contributed by atoms with Crippen LogP contribution in [-0.2, 0) is 17.5 Å². The zero-order chi connectivity index (χ0) is 26.8. The van der Waals surface area contributed by atoms with E-state index < -0.39 is 17.6 Å². The maximum atomic E-state index is 14.2. The summed E-state index contributed by atoms with van der Waals surface area (Å²) >= 11 is 12.5. The summed E-state index contributed by atoms with van der Waals surface area (Å²) in [5.74, 6) is -1.14. The van der Waals surface area contributed by atoms with Gasteiger partial charge < -0.3 is 4.79 Å². The molecule has 1 aliphatic heterocycles. The number of Topliss-reactive ketones (excluding diaryl/α,β-unsaturated/α-hetero) is 1. The molecule has 0 amide bonds. The number of benzene rings is 2. The molecule has 0 bridgehead atoms. The number of ketones is 1. The summed E-state index contributed by atoms with van der Waals surface area (Å²) in [7, 11) is 5.83. The minimum atomic E-state index is -4.74. The first-order chi connectivity index (χ1) is 16.8. The lowest BCUT2D eigenvalue weighted by Gasteiger charge is -2.34. The predicted octanol–water partition coefficient (Wildman–Crippen LogP) is 6.31. The van der Waals surface area contributed by atoms with E-state index in [4.69, 9.17) is 23.2 Å². The summed E-state index contributed by atoms with van der Waals surface area (Å²) in [6.45, 7) is 3.20. The number of alkyl halides is 3. The molecule has 1 unspecified atom stereocenters. The van der Waals surface area contributed by atoms with Crippen LogP contribution in [0.2, 0.25) is 10.0 Å². The van der Waals surface area contributed by atoms with Crippen LogP contribution in [0, 0.1) is 5.82 Å². The van der Waals surface area contributed by atoms with Gasteiger partial charge in [0.2, 0.25) is 0 Å². The molecular weight excluding hydrogens is 517 g/mol. The lowest BCUT2D eigenvalue weighted by Crippen LogP contribution is -2.45. The van der Waals surface area contributed by atoms with Gasteiger partial charge in [0.25, 0.3) is 0 Å². The largest absolute Gasteiger partial charge is 0.419 e. The Morgan fingerprint density at radius 2 is 1.78 bits per heavy atom. The first-order valence-electron chi connectivity index (χ1n) is 11.7. The van der Waals surface area contributed by atoms with E-state index in [1.807, 2.05) is 38.2 Å². The molecular formula is C26H31Cl2F4N3O. The SMILES string of the molecule is CC(=O)CCC(N(C)C)N1C[C@H](c2ccc(Cl)c(Cl)c2)[C@H](N(C)Cc2ccc(C(F)(F)F)c(F)c2)C1. The number of carbonyl (C=O) groups excluding carboxylic acids is 1. The van der Waals surface area contributed by atoms with Crippen LogP contribution in [0.5, 0.6) is 0 Å². The van der Waals surface area contributed by atoms with Crippen LogP contribution in [0.1, 0.15) is 42.4 Å². The summed E-state index contributed by atoms with van der Waals surface area (Å²) in [5.41, 5.74) is 0.176. The van der Waals surface area contributed by atoms with E-state index in [1.54, 1.807) is 13.0 Å². The van der Waals surface area contributed by atoms with Crippen molar-refractivity contribution in [1.82, 2.24) is 14.7 Å². The second-order valence-electron chi connectivity index (χ2n) is 9.71. The van der Waals surface area contributed by atoms with Gasteiger partial charge in [0.15, 0.2) is 0 Å². The monoisotopic (exact) mass is 547 g/mol. The number of likely N-dealkylation sites (N-methyl/N-ethyl adjacent to an activating group) is 1. The minimum absolute atomic E-state index is 0.0174. The fourth-order valence-corrected chi connectivity index (χ4v) is 5.28. The van der Waals surface area contributed by atoms with Crippen LogP contribution < -0.4 is 0 Å². The van der Waals surface area contributed by atoms with Gasteiger partial charge in [-0.1, -0.05) is 35.3 Å². The Morgan fingerprint density at radius 1 is 1.08 bits per heavy atom. The standard InChI is InChI=1S/C26H31Cl2F4N3O/c1-16(36)5-10-25(33(2)3)35-14-19(18-7-9-21(27)22(28)12-18)24(15-35)34(4)13-17-6-8-20(23(29)11-17)26(30,31)32/h6-9,11-12,19,24-25H,5,10,13-15H2,1-4H3/t19-,24-,25?/m1/s1. The Hall–Kier alpha value is -1.71. The maximum absolute atomic E-state index is 14.2. The Balaban J connectivity index is 1.88. The summed E-state index contributed by atoms with van der Waals surface area (Å²) in [4.78, 5) is 18.1. The van der Waals surface area contributed by atoms with E-state index in [0.29, 0.717) is 41.5 Å². The van der Waals surface area contributed by atoms with Gasteiger partial charge in [-0.15, -0.1) is 0 Å². The Labute approximate surface area is 219 Å². The normalized spacial score (nSPS) is 19.9. The molecule has 0 saturated carbocycles. The van der Waals surface area contributed by atoms with Crippen molar-refractivity contribution in [3.05, 3.63) is 69.0 Å². The van der Waals surface area contributed by atoms with E-state index in [9.17, 15) is 22.4 Å². The highest BCUT2D eigenvalue weighted by Gasteiger charge is 2.40. The molecule has 198 valence electrons. The molecule has 1 fully saturated rings. The topological polar surface area (TPSA) is 26.8 Å². The highest BCUT2D eigenvalue weighted by Crippen LogP contribution is 2.37. The molecule has 36 heavy (non-hydrogen) atoms. The second-order valence-corrected chi connectivity index (χ2v) is 10.5. The minimum Gasteiger partial charge on any atom is -0.300 e. The molecule has 2 aromatic carbocycles. The Morgan fingerprint density at radius 3 is 2.33 bits per heavy atom. The van der Waals surface area contributed by atoms with Crippen molar-refractivity contribution in [2.45, 2.75) is 50.6 Å². The molecule has 0 spiro atoms. The van der Waals surface area contributed by atoms with Gasteiger partial charge in [0.05, 0.1) is 21.8 Å². The quantitative estimate of drug-likeness (QED) is 0.344. The molecule has 4 nitrogen and oxygen atoms in total. The van der Waals surface area contributed by atoms with Gasteiger partial charge in [-0.05, 0) is 69.9 Å². The molecule has 1 saturated heterocycles. The van der Waals surface area contributed by atoms with Crippen molar-refractivity contribution in [2.24, 2.45) is 0 Å². The van der Waals surface area contributed by atoms with Crippen LogP contribution in [0.25, 0.3) is 0 Å². The second kappa shape index (κ2) is 11.8. The molecule has 1 heterocycles. The smallest absolute Gasteiger partial charge is 0.300 e. The van der Waals surface area contributed by atoms with Gasteiger partial charge >= 0.3 is 6.18 Å². The van der Waals surface area contributed by atoms with Crippen LogP contribution in [0.3, 0.4) is 0 Å². The third-order valence-electron chi connectivity index (χ3n) is 6.80. The molecule has 0 aromatic heterocycles. The van der Waals surface area contributed by atoms with Crippen molar-refractivity contribution in [3.63, 3.8) is 0 Å². The molecule has 2 aromatic rings. The van der Waals surface area contributed by atoms with E-state index >= 15 is 0 Å². The third kappa shape index (κ3) is 6.98. The first-order valence-corrected chi connectivity index (χ1v) is 12.4. The van der Waals surface area contributed by atoms with Crippen molar-refractivity contribution in [2.75, 3.05) is 34.2 Å². The van der Waals surface area contributed by atoms with Crippen molar-refractivity contribution >= 4 is 29.0 Å². The van der Waals surface area contributed by atoms with E-state index in [-0.39, 0.29) is 30.5 Å². The third-order valence-corrected chi connectivity index (χ3v) is 7.54. The van der Waals surface area contributed by atoms with Crippen molar-refractivity contribution in [1.29, 1.82) is 0 Å². The Bertz CT molecular complexity index is 1080. The molecule has 1 aliphatic rings. The zero-order valence-electron chi connectivity index (χ0n) is 20.7. The number of nitrogens with zero attached hydrogens (tertiary/aromatic N) is 3. The van der Waals surface area contributed by atoms with Crippen molar-refractivity contribution < 1.29 is 22.4 Å². The average molecular weight is 548 g/mol. The summed E-state index contributed by atoms with van der Waals surface area (Å²) in [5, 5.41) is 0.896. The van der Waals surface area contributed by atoms with E-state index in [2.05, 4.69) is 9.80 Å². The van der Waals surface area contributed by atoms with Crippen LogP contribution in [0.4, 0.5) is 17.6 Å². The average Bonchev–Trinajstić information content (AvgIpc) is 3.19. The fraction of sp³-hybridized carbons (Fsp3) is 0.500. The Kier molecular flexibility index (Phi) is 9.44. The van der Waals surface area contributed by atoms with Gasteiger partial charge in [0.1, 0.15) is 11.6 Å².